The number of fused-ring (bicyclic) bond motifs is 1. The highest BCUT2D eigenvalue weighted by Gasteiger charge is 2.37. The molecule has 7 heteroatoms. The highest BCUT2D eigenvalue weighted by molar-refractivity contribution is 5.82. The molecule has 2 aliphatic heterocycles. The number of hydrazine groups is 1. The van der Waals surface area contributed by atoms with Crippen LogP contribution in [0.4, 0.5) is 4.39 Å². The van der Waals surface area contributed by atoms with Crippen molar-refractivity contribution in [3.63, 3.8) is 0 Å². The molecule has 1 fully saturated rings. The zero-order chi connectivity index (χ0) is 17.4. The molecule has 4 unspecified atom stereocenters. The Morgan fingerprint density at radius 2 is 2.08 bits per heavy atom. The molecule has 0 spiro atoms. The van der Waals surface area contributed by atoms with Gasteiger partial charge in [-0.05, 0) is 35.9 Å². The Morgan fingerprint density at radius 3 is 2.88 bits per heavy atom. The average molecular weight is 342 g/mol. The molecule has 0 aliphatic carbocycles. The highest BCUT2D eigenvalue weighted by atomic mass is 19.1. The number of hydrogen-bond acceptors (Lipinski definition) is 5. The van der Waals surface area contributed by atoms with Crippen molar-refractivity contribution in [3.8, 4) is 5.75 Å². The lowest BCUT2D eigenvalue weighted by molar-refractivity contribution is -0.128. The molecule has 130 valence electrons. The molecule has 1 saturated heterocycles. The fourth-order valence-corrected chi connectivity index (χ4v) is 3.37. The Balaban J connectivity index is 1.39. The molecule has 25 heavy (non-hydrogen) atoms. The monoisotopic (exact) mass is 342 g/mol. The van der Waals surface area contributed by atoms with Gasteiger partial charge in [-0.3, -0.25) is 9.78 Å². The minimum Gasteiger partial charge on any atom is -0.480 e. The predicted molar refractivity (Wildman–Crippen MR) is 88.9 cm³/mol. The van der Waals surface area contributed by atoms with Gasteiger partial charge in [0.05, 0.1) is 12.2 Å². The van der Waals surface area contributed by atoms with E-state index in [1.165, 1.54) is 12.1 Å². The van der Waals surface area contributed by atoms with E-state index < -0.39 is 6.10 Å². The van der Waals surface area contributed by atoms with Gasteiger partial charge in [-0.25, -0.2) is 15.2 Å². The van der Waals surface area contributed by atoms with Crippen LogP contribution in [0.3, 0.4) is 0 Å². The van der Waals surface area contributed by atoms with Crippen molar-refractivity contribution in [2.45, 2.75) is 31.7 Å². The first kappa shape index (κ1) is 16.0. The number of aromatic nitrogens is 1. The highest BCUT2D eigenvalue weighted by Crippen LogP contribution is 2.30. The number of carbonyl (C=O) groups is 1. The smallest absolute Gasteiger partial charge is 0.262 e. The summed E-state index contributed by atoms with van der Waals surface area (Å²) in [5.41, 5.74) is 8.16. The van der Waals surface area contributed by atoms with E-state index in [4.69, 9.17) is 4.74 Å². The first-order chi connectivity index (χ1) is 12.1. The van der Waals surface area contributed by atoms with Crippen molar-refractivity contribution in [3.05, 3.63) is 59.7 Å². The van der Waals surface area contributed by atoms with Crippen molar-refractivity contribution in [1.82, 2.24) is 21.2 Å². The zero-order valence-electron chi connectivity index (χ0n) is 13.7. The number of nitrogens with zero attached hydrogens (tertiary/aromatic N) is 1. The molecule has 1 aromatic heterocycles. The normalized spacial score (nSPS) is 27.6. The van der Waals surface area contributed by atoms with Crippen molar-refractivity contribution < 1.29 is 13.9 Å². The van der Waals surface area contributed by atoms with Crippen molar-refractivity contribution in [2.75, 3.05) is 0 Å². The molecule has 1 amide bonds. The van der Waals surface area contributed by atoms with Crippen LogP contribution in [0.2, 0.25) is 0 Å². The molecule has 4 rings (SSSR count). The molecule has 1 aromatic carbocycles. The lowest BCUT2D eigenvalue weighted by Crippen LogP contribution is -2.50. The van der Waals surface area contributed by atoms with Crippen LogP contribution >= 0.6 is 0 Å². The van der Waals surface area contributed by atoms with E-state index in [0.29, 0.717) is 12.2 Å². The van der Waals surface area contributed by atoms with E-state index in [0.717, 1.165) is 11.1 Å². The van der Waals surface area contributed by atoms with E-state index in [9.17, 15) is 9.18 Å². The standard InChI is InChI=1S/C18H19FN4O2/c1-10-16(11-4-6-20-7-5-11)22-23-17(10)21-18(24)15-9-12-8-13(19)2-3-14(12)25-15/h2-8,10,15-17,22-23H,9H2,1H3,(H,21,24). The second kappa shape index (κ2) is 6.42. The molecule has 0 saturated carbocycles. The van der Waals surface area contributed by atoms with Gasteiger partial charge < -0.3 is 10.1 Å². The Hall–Kier alpha value is -2.51. The molecule has 0 radical (unpaired) electrons. The molecule has 4 atom stereocenters. The molecular formula is C18H19FN4O2. The number of hydrogen-bond donors (Lipinski definition) is 3. The maximum atomic E-state index is 13.3. The second-order valence-corrected chi connectivity index (χ2v) is 6.45. The number of pyridine rings is 1. The lowest BCUT2D eigenvalue weighted by Gasteiger charge is -2.21. The SMILES string of the molecule is CC1C(NC(=O)C2Cc3cc(F)ccc3O2)NNC1c1ccncc1. The number of amides is 1. The van der Waals surface area contributed by atoms with Crippen LogP contribution in [0.25, 0.3) is 0 Å². The fraction of sp³-hybridized carbons (Fsp3) is 0.333. The largest absolute Gasteiger partial charge is 0.480 e. The number of carbonyl (C=O) groups excluding carboxylic acids is 1. The molecular weight excluding hydrogens is 323 g/mol. The quantitative estimate of drug-likeness (QED) is 0.787. The van der Waals surface area contributed by atoms with Gasteiger partial charge in [0.2, 0.25) is 0 Å². The van der Waals surface area contributed by atoms with Crippen LogP contribution in [0.15, 0.2) is 42.7 Å². The van der Waals surface area contributed by atoms with Crippen molar-refractivity contribution in [2.24, 2.45) is 5.92 Å². The third kappa shape index (κ3) is 3.08. The Kier molecular flexibility index (Phi) is 4.10. The molecule has 2 aliphatic rings. The third-order valence-corrected chi connectivity index (χ3v) is 4.80. The first-order valence-corrected chi connectivity index (χ1v) is 8.28. The minimum absolute atomic E-state index is 0.0732. The van der Waals surface area contributed by atoms with Gasteiger partial charge in [-0.1, -0.05) is 6.92 Å². The maximum absolute atomic E-state index is 13.3. The van der Waals surface area contributed by atoms with Crippen LogP contribution < -0.4 is 20.9 Å². The summed E-state index contributed by atoms with van der Waals surface area (Å²) in [6.45, 7) is 2.06. The van der Waals surface area contributed by atoms with Crippen LogP contribution in [-0.4, -0.2) is 23.2 Å². The number of halogens is 1. The van der Waals surface area contributed by atoms with E-state index in [1.807, 2.05) is 12.1 Å². The number of benzene rings is 1. The summed E-state index contributed by atoms with van der Waals surface area (Å²) in [4.78, 5) is 16.6. The first-order valence-electron chi connectivity index (χ1n) is 8.28. The summed E-state index contributed by atoms with van der Waals surface area (Å²) in [6, 6.07) is 8.29. The summed E-state index contributed by atoms with van der Waals surface area (Å²) in [6.07, 6.45) is 3.01. The third-order valence-electron chi connectivity index (χ3n) is 4.80. The fourth-order valence-electron chi connectivity index (χ4n) is 3.37. The summed E-state index contributed by atoms with van der Waals surface area (Å²) < 4.78 is 18.9. The number of rotatable bonds is 3. The summed E-state index contributed by atoms with van der Waals surface area (Å²) in [5.74, 6) is 0.173. The Bertz CT molecular complexity index is 786. The zero-order valence-corrected chi connectivity index (χ0v) is 13.7. The Labute approximate surface area is 144 Å². The minimum atomic E-state index is -0.634. The van der Waals surface area contributed by atoms with Crippen LogP contribution in [0.1, 0.15) is 24.1 Å². The van der Waals surface area contributed by atoms with Crippen LogP contribution in [0.5, 0.6) is 5.75 Å². The van der Waals surface area contributed by atoms with Crippen molar-refractivity contribution >= 4 is 5.91 Å². The van der Waals surface area contributed by atoms with Crippen LogP contribution in [0, 0.1) is 11.7 Å². The predicted octanol–water partition coefficient (Wildman–Crippen LogP) is 1.45. The number of nitrogens with one attached hydrogen (secondary N) is 3. The molecule has 6 nitrogen and oxygen atoms in total. The van der Waals surface area contributed by atoms with E-state index >= 15 is 0 Å². The second-order valence-electron chi connectivity index (χ2n) is 6.45. The summed E-state index contributed by atoms with van der Waals surface area (Å²) >= 11 is 0. The molecule has 0 bridgehead atoms. The summed E-state index contributed by atoms with van der Waals surface area (Å²) in [7, 11) is 0. The summed E-state index contributed by atoms with van der Waals surface area (Å²) in [5, 5.41) is 2.97. The molecule has 3 N–H and O–H groups in total. The molecule has 3 heterocycles. The number of ether oxygens (including phenoxy) is 1. The van der Waals surface area contributed by atoms with Gasteiger partial charge in [0.15, 0.2) is 6.10 Å². The topological polar surface area (TPSA) is 75.3 Å². The average Bonchev–Trinajstić information content (AvgIpc) is 3.19. The van der Waals surface area contributed by atoms with Gasteiger partial charge in [0.1, 0.15) is 11.6 Å². The van der Waals surface area contributed by atoms with E-state index in [2.05, 4.69) is 28.1 Å². The lowest BCUT2D eigenvalue weighted by atomic mass is 9.95. The van der Waals surface area contributed by atoms with E-state index in [-0.39, 0.29) is 29.8 Å². The van der Waals surface area contributed by atoms with Gasteiger partial charge in [-0.15, -0.1) is 0 Å². The van der Waals surface area contributed by atoms with Gasteiger partial charge in [-0.2, -0.15) is 0 Å². The van der Waals surface area contributed by atoms with E-state index in [1.54, 1.807) is 18.5 Å². The molecule has 2 aromatic rings. The van der Waals surface area contributed by atoms with Gasteiger partial charge >= 0.3 is 0 Å². The maximum Gasteiger partial charge on any atom is 0.262 e. The van der Waals surface area contributed by atoms with Crippen LogP contribution in [-0.2, 0) is 11.2 Å². The van der Waals surface area contributed by atoms with Gasteiger partial charge in [0.25, 0.3) is 5.91 Å². The van der Waals surface area contributed by atoms with Gasteiger partial charge in [0, 0.05) is 30.3 Å². The Morgan fingerprint density at radius 1 is 1.28 bits per heavy atom. The van der Waals surface area contributed by atoms with Crippen molar-refractivity contribution in [1.29, 1.82) is 0 Å².